The van der Waals surface area contributed by atoms with E-state index in [-0.39, 0.29) is 23.0 Å². The molecule has 2 aliphatic rings. The molecule has 3 atom stereocenters. The molecule has 0 radical (unpaired) electrons. The van der Waals surface area contributed by atoms with Gasteiger partial charge in [0.1, 0.15) is 5.78 Å². The molecule has 2 saturated carbocycles. The summed E-state index contributed by atoms with van der Waals surface area (Å²) in [6, 6.07) is 0. The van der Waals surface area contributed by atoms with Gasteiger partial charge in [0.2, 0.25) is 0 Å². The van der Waals surface area contributed by atoms with Crippen LogP contribution in [-0.2, 0) is 4.79 Å². The molecule has 0 aliphatic heterocycles. The Kier molecular flexibility index (Phi) is 1.21. The molecule has 0 saturated heterocycles. The van der Waals surface area contributed by atoms with Crippen molar-refractivity contribution in [2.75, 3.05) is 0 Å². The van der Waals surface area contributed by atoms with Crippen LogP contribution in [0.5, 0.6) is 0 Å². The van der Waals surface area contributed by atoms with Gasteiger partial charge in [-0.2, -0.15) is 0 Å². The zero-order valence-electron chi connectivity index (χ0n) is 8.09. The summed E-state index contributed by atoms with van der Waals surface area (Å²) >= 11 is 0. The van der Waals surface area contributed by atoms with Gasteiger partial charge in [-0.3, -0.25) is 4.79 Å². The van der Waals surface area contributed by atoms with Crippen LogP contribution < -0.4 is 0 Å². The van der Waals surface area contributed by atoms with E-state index >= 15 is 0 Å². The zero-order chi connectivity index (χ0) is 9.31. The van der Waals surface area contributed by atoms with Crippen LogP contribution in [0.4, 0.5) is 0 Å². The molecule has 2 aliphatic carbocycles. The lowest BCUT2D eigenvalue weighted by Crippen LogP contribution is -2.36. The molecule has 1 N–H and O–H groups in total. The first-order valence-corrected chi connectivity index (χ1v) is 4.53. The van der Waals surface area contributed by atoms with E-state index in [1.54, 1.807) is 0 Å². The maximum atomic E-state index is 11.7. The van der Waals surface area contributed by atoms with Gasteiger partial charge in [0.15, 0.2) is 0 Å². The number of aliphatic hydroxyl groups excluding tert-OH is 1. The first-order chi connectivity index (χ1) is 5.31. The third kappa shape index (κ3) is 0.634. The van der Waals surface area contributed by atoms with Gasteiger partial charge in [-0.25, -0.2) is 0 Å². The summed E-state index contributed by atoms with van der Waals surface area (Å²) in [5, 5.41) is 9.85. The van der Waals surface area contributed by atoms with Gasteiger partial charge in [0.25, 0.3) is 0 Å². The Morgan fingerprint density at radius 1 is 1.25 bits per heavy atom. The highest BCUT2D eigenvalue weighted by atomic mass is 16.3. The highest BCUT2D eigenvalue weighted by Crippen LogP contribution is 2.69. The Morgan fingerprint density at radius 2 is 1.75 bits per heavy atom. The Balaban J connectivity index is 2.34. The van der Waals surface area contributed by atoms with Crippen molar-refractivity contribution >= 4 is 5.78 Å². The fraction of sp³-hybridized carbons (Fsp3) is 0.900. The molecule has 0 bridgehead atoms. The molecule has 2 fully saturated rings. The first kappa shape index (κ1) is 8.24. The van der Waals surface area contributed by atoms with Crippen molar-refractivity contribution in [1.29, 1.82) is 0 Å². The normalized spacial score (nSPS) is 47.4. The summed E-state index contributed by atoms with van der Waals surface area (Å²) in [5.74, 6) is 0.604. The first-order valence-electron chi connectivity index (χ1n) is 4.53. The number of Topliss-reactive ketones (excluding diaryl/α,β-unsaturated/α-hetero) is 1. The molecule has 2 rings (SSSR count). The summed E-state index contributed by atoms with van der Waals surface area (Å²) in [5.41, 5.74) is -0.434. The van der Waals surface area contributed by atoms with Crippen molar-refractivity contribution < 1.29 is 9.90 Å². The SMILES string of the molecule is CC1(C)C(=O)[C@@H]2[C@H]([C@@H]1O)C2(C)C. The van der Waals surface area contributed by atoms with Crippen molar-refractivity contribution in [2.24, 2.45) is 22.7 Å². The fourth-order valence-electron chi connectivity index (χ4n) is 2.76. The average molecular weight is 168 g/mol. The fourth-order valence-corrected chi connectivity index (χ4v) is 2.76. The number of fused-ring (bicyclic) bond motifs is 1. The summed E-state index contributed by atoms with van der Waals surface area (Å²) in [6.45, 7) is 7.84. The molecular weight excluding hydrogens is 152 g/mol. The van der Waals surface area contributed by atoms with E-state index in [2.05, 4.69) is 13.8 Å². The summed E-state index contributed by atoms with van der Waals surface area (Å²) in [7, 11) is 0. The number of aliphatic hydroxyl groups is 1. The van der Waals surface area contributed by atoms with E-state index in [9.17, 15) is 9.90 Å². The Labute approximate surface area is 73.0 Å². The minimum atomic E-state index is -0.495. The monoisotopic (exact) mass is 168 g/mol. The summed E-state index contributed by atoms with van der Waals surface area (Å²) in [6.07, 6.45) is -0.426. The second-order valence-corrected chi connectivity index (χ2v) is 5.36. The molecular formula is C10H16O2. The summed E-state index contributed by atoms with van der Waals surface area (Å²) in [4.78, 5) is 11.7. The van der Waals surface area contributed by atoms with Gasteiger partial charge < -0.3 is 5.11 Å². The Morgan fingerprint density at radius 3 is 2.00 bits per heavy atom. The van der Waals surface area contributed by atoms with Crippen LogP contribution in [0.25, 0.3) is 0 Å². The molecule has 0 aromatic heterocycles. The van der Waals surface area contributed by atoms with Gasteiger partial charge in [0.05, 0.1) is 6.10 Å². The Hall–Kier alpha value is -0.370. The predicted molar refractivity (Wildman–Crippen MR) is 45.6 cm³/mol. The highest BCUT2D eigenvalue weighted by molar-refractivity contribution is 5.94. The van der Waals surface area contributed by atoms with Crippen molar-refractivity contribution in [2.45, 2.75) is 33.8 Å². The molecule has 0 amide bonds. The van der Waals surface area contributed by atoms with Gasteiger partial charge in [-0.15, -0.1) is 0 Å². The van der Waals surface area contributed by atoms with Crippen LogP contribution in [0.15, 0.2) is 0 Å². The average Bonchev–Trinajstić information content (AvgIpc) is 2.42. The number of hydrogen-bond donors (Lipinski definition) is 1. The Bertz CT molecular complexity index is 253. The lowest BCUT2D eigenvalue weighted by Gasteiger charge is -2.27. The standard InChI is InChI=1S/C10H16O2/c1-9(2)5-6(9)8(12)10(3,4)7(5)11/h5-7,11H,1-4H3/t5-,6+,7+/m1/s1. The lowest BCUT2D eigenvalue weighted by molar-refractivity contribution is -0.131. The van der Waals surface area contributed by atoms with Crippen molar-refractivity contribution in [3.63, 3.8) is 0 Å². The van der Waals surface area contributed by atoms with E-state index in [0.717, 1.165) is 0 Å². The zero-order valence-corrected chi connectivity index (χ0v) is 8.09. The van der Waals surface area contributed by atoms with Crippen LogP contribution >= 0.6 is 0 Å². The third-order valence-electron chi connectivity index (χ3n) is 3.91. The van der Waals surface area contributed by atoms with Gasteiger partial charge in [-0.05, 0) is 5.41 Å². The number of ketones is 1. The van der Waals surface area contributed by atoms with E-state index in [4.69, 9.17) is 0 Å². The quantitative estimate of drug-likeness (QED) is 0.590. The maximum absolute atomic E-state index is 11.7. The maximum Gasteiger partial charge on any atom is 0.145 e. The van der Waals surface area contributed by atoms with Gasteiger partial charge in [0, 0.05) is 17.3 Å². The molecule has 0 heterocycles. The summed E-state index contributed by atoms with van der Waals surface area (Å²) < 4.78 is 0. The molecule has 12 heavy (non-hydrogen) atoms. The van der Waals surface area contributed by atoms with Crippen molar-refractivity contribution in [1.82, 2.24) is 0 Å². The molecule has 68 valence electrons. The van der Waals surface area contributed by atoms with Gasteiger partial charge >= 0.3 is 0 Å². The van der Waals surface area contributed by atoms with Crippen LogP contribution in [0.3, 0.4) is 0 Å². The molecule has 2 nitrogen and oxygen atoms in total. The molecule has 0 spiro atoms. The molecule has 2 heteroatoms. The number of rotatable bonds is 0. The minimum absolute atomic E-state index is 0.0615. The van der Waals surface area contributed by atoms with Crippen molar-refractivity contribution in [3.05, 3.63) is 0 Å². The van der Waals surface area contributed by atoms with Crippen LogP contribution in [0, 0.1) is 22.7 Å². The lowest BCUT2D eigenvalue weighted by atomic mass is 9.79. The van der Waals surface area contributed by atoms with Crippen LogP contribution in [0.1, 0.15) is 27.7 Å². The molecule has 0 aromatic rings. The number of hydrogen-bond acceptors (Lipinski definition) is 2. The van der Waals surface area contributed by atoms with E-state index in [1.165, 1.54) is 0 Å². The number of carbonyl (C=O) groups excluding carboxylic acids is 1. The van der Waals surface area contributed by atoms with Crippen LogP contribution in [0.2, 0.25) is 0 Å². The predicted octanol–water partition coefficient (Wildman–Crippen LogP) is 1.23. The molecule has 0 unspecified atom stereocenters. The number of carbonyl (C=O) groups is 1. The topological polar surface area (TPSA) is 37.3 Å². The second-order valence-electron chi connectivity index (χ2n) is 5.36. The van der Waals surface area contributed by atoms with Crippen LogP contribution in [-0.4, -0.2) is 17.0 Å². The van der Waals surface area contributed by atoms with Crippen molar-refractivity contribution in [3.8, 4) is 0 Å². The molecule has 0 aromatic carbocycles. The smallest absolute Gasteiger partial charge is 0.145 e. The van der Waals surface area contributed by atoms with E-state index < -0.39 is 11.5 Å². The van der Waals surface area contributed by atoms with Gasteiger partial charge in [-0.1, -0.05) is 27.7 Å². The minimum Gasteiger partial charge on any atom is -0.392 e. The van der Waals surface area contributed by atoms with E-state index in [0.29, 0.717) is 0 Å². The third-order valence-corrected chi connectivity index (χ3v) is 3.91. The van der Waals surface area contributed by atoms with E-state index in [1.807, 2.05) is 13.8 Å². The highest BCUT2D eigenvalue weighted by Gasteiger charge is 2.74. The second kappa shape index (κ2) is 1.77. The largest absolute Gasteiger partial charge is 0.392 e.